The smallest absolute Gasteiger partial charge is 0.146 e. The molecule has 1 aliphatic rings. The normalized spacial score (nSPS) is 18.5. The van der Waals surface area contributed by atoms with Crippen molar-refractivity contribution in [1.29, 1.82) is 0 Å². The van der Waals surface area contributed by atoms with Gasteiger partial charge in [0, 0.05) is 19.0 Å². The highest BCUT2D eigenvalue weighted by atomic mass is 35.5. The SMILES string of the molecule is Cc1nn(C)c(CC(=O)C2(CN)CCCCC2)c1Cl. The molecule has 0 aliphatic heterocycles. The van der Waals surface area contributed by atoms with Crippen LogP contribution in [0, 0.1) is 12.3 Å². The van der Waals surface area contributed by atoms with Crippen molar-refractivity contribution in [1.82, 2.24) is 9.78 Å². The first-order valence-electron chi connectivity index (χ1n) is 6.91. The average molecular weight is 284 g/mol. The van der Waals surface area contributed by atoms with Crippen LogP contribution in [0.3, 0.4) is 0 Å². The number of nitrogens with zero attached hydrogens (tertiary/aromatic N) is 2. The lowest BCUT2D eigenvalue weighted by Gasteiger charge is -2.34. The highest BCUT2D eigenvalue weighted by Crippen LogP contribution is 2.37. The maximum absolute atomic E-state index is 12.7. The molecule has 19 heavy (non-hydrogen) atoms. The predicted molar refractivity (Wildman–Crippen MR) is 76.2 cm³/mol. The molecule has 106 valence electrons. The van der Waals surface area contributed by atoms with E-state index in [0.717, 1.165) is 37.1 Å². The van der Waals surface area contributed by atoms with Crippen molar-refractivity contribution >= 4 is 17.4 Å². The second-order valence-electron chi connectivity index (χ2n) is 5.61. The van der Waals surface area contributed by atoms with Crippen molar-refractivity contribution in [3.63, 3.8) is 0 Å². The first kappa shape index (κ1) is 14.5. The first-order chi connectivity index (χ1) is 9.00. The third kappa shape index (κ3) is 2.70. The van der Waals surface area contributed by atoms with Crippen molar-refractivity contribution in [3.8, 4) is 0 Å². The number of hydrogen-bond acceptors (Lipinski definition) is 3. The van der Waals surface area contributed by atoms with Gasteiger partial charge in [-0.2, -0.15) is 5.10 Å². The minimum Gasteiger partial charge on any atom is -0.329 e. The van der Waals surface area contributed by atoms with Crippen LogP contribution >= 0.6 is 11.6 Å². The van der Waals surface area contributed by atoms with E-state index >= 15 is 0 Å². The molecule has 0 radical (unpaired) electrons. The number of ketones is 1. The number of halogens is 1. The summed E-state index contributed by atoms with van der Waals surface area (Å²) >= 11 is 6.22. The van der Waals surface area contributed by atoms with Crippen LogP contribution < -0.4 is 5.73 Å². The molecule has 2 N–H and O–H groups in total. The van der Waals surface area contributed by atoms with Gasteiger partial charge in [0.15, 0.2) is 0 Å². The van der Waals surface area contributed by atoms with Crippen LogP contribution in [0.2, 0.25) is 5.02 Å². The van der Waals surface area contributed by atoms with E-state index in [1.807, 2.05) is 14.0 Å². The van der Waals surface area contributed by atoms with Gasteiger partial charge >= 0.3 is 0 Å². The zero-order valence-corrected chi connectivity index (χ0v) is 12.5. The van der Waals surface area contributed by atoms with Gasteiger partial charge in [0.05, 0.1) is 22.8 Å². The van der Waals surface area contributed by atoms with Crippen LogP contribution in [0.5, 0.6) is 0 Å². The zero-order chi connectivity index (χ0) is 14.0. The number of nitrogens with two attached hydrogens (primary N) is 1. The maximum atomic E-state index is 12.7. The molecule has 1 aromatic rings. The van der Waals surface area contributed by atoms with E-state index in [1.54, 1.807) is 4.68 Å². The molecular weight excluding hydrogens is 262 g/mol. The van der Waals surface area contributed by atoms with Gasteiger partial charge in [-0.15, -0.1) is 0 Å². The number of carbonyl (C=O) groups is 1. The predicted octanol–water partition coefficient (Wildman–Crippen LogP) is 2.40. The number of aryl methyl sites for hydroxylation is 2. The van der Waals surface area contributed by atoms with E-state index in [1.165, 1.54) is 6.42 Å². The lowest BCUT2D eigenvalue weighted by molar-refractivity contribution is -0.129. The molecule has 4 nitrogen and oxygen atoms in total. The summed E-state index contributed by atoms with van der Waals surface area (Å²) in [7, 11) is 1.83. The van der Waals surface area contributed by atoms with Crippen LogP contribution in [0.4, 0.5) is 0 Å². The highest BCUT2D eigenvalue weighted by Gasteiger charge is 2.38. The Hall–Kier alpha value is -0.870. The number of carbonyl (C=O) groups excluding carboxylic acids is 1. The summed E-state index contributed by atoms with van der Waals surface area (Å²) < 4.78 is 1.71. The molecule has 0 amide bonds. The van der Waals surface area contributed by atoms with Crippen molar-refractivity contribution in [2.75, 3.05) is 6.54 Å². The molecule has 0 spiro atoms. The van der Waals surface area contributed by atoms with Gasteiger partial charge in [-0.05, 0) is 19.8 Å². The van der Waals surface area contributed by atoms with Gasteiger partial charge in [-0.25, -0.2) is 0 Å². The Labute approximate surface area is 119 Å². The fourth-order valence-electron chi connectivity index (χ4n) is 3.04. The third-order valence-corrected chi connectivity index (χ3v) is 4.87. The molecule has 1 aliphatic carbocycles. The molecule has 0 bridgehead atoms. The molecule has 1 aromatic heterocycles. The molecule has 0 atom stereocenters. The van der Waals surface area contributed by atoms with Crippen LogP contribution in [-0.4, -0.2) is 22.1 Å². The van der Waals surface area contributed by atoms with Crippen LogP contribution in [0.1, 0.15) is 43.5 Å². The summed E-state index contributed by atoms with van der Waals surface area (Å²) in [6.45, 7) is 2.30. The molecular formula is C14H22ClN3O. The monoisotopic (exact) mass is 283 g/mol. The van der Waals surface area contributed by atoms with Crippen molar-refractivity contribution in [3.05, 3.63) is 16.4 Å². The van der Waals surface area contributed by atoms with E-state index in [0.29, 0.717) is 18.0 Å². The van der Waals surface area contributed by atoms with Crippen molar-refractivity contribution in [2.45, 2.75) is 45.4 Å². The van der Waals surface area contributed by atoms with Crippen LogP contribution in [0.15, 0.2) is 0 Å². The van der Waals surface area contributed by atoms with Gasteiger partial charge < -0.3 is 5.73 Å². The lowest BCUT2D eigenvalue weighted by atomic mass is 9.70. The molecule has 1 fully saturated rings. The van der Waals surface area contributed by atoms with E-state index in [2.05, 4.69) is 5.10 Å². The standard InChI is InChI=1S/C14H22ClN3O/c1-10-13(15)11(18(2)17-10)8-12(19)14(9-16)6-4-3-5-7-14/h3-9,16H2,1-2H3. The molecule has 0 unspecified atom stereocenters. The fourth-order valence-corrected chi connectivity index (χ4v) is 3.26. The Morgan fingerprint density at radius 1 is 1.42 bits per heavy atom. The second kappa shape index (κ2) is 5.63. The van der Waals surface area contributed by atoms with Crippen LogP contribution in [-0.2, 0) is 18.3 Å². The lowest BCUT2D eigenvalue weighted by Crippen LogP contribution is -2.41. The summed E-state index contributed by atoms with van der Waals surface area (Å²) in [6, 6.07) is 0. The van der Waals surface area contributed by atoms with Gasteiger partial charge in [-0.1, -0.05) is 30.9 Å². The second-order valence-corrected chi connectivity index (χ2v) is 5.99. The summed E-state index contributed by atoms with van der Waals surface area (Å²) in [5, 5.41) is 4.87. The van der Waals surface area contributed by atoms with Gasteiger partial charge in [0.25, 0.3) is 0 Å². The Balaban J connectivity index is 2.19. The number of rotatable bonds is 4. The van der Waals surface area contributed by atoms with Crippen molar-refractivity contribution in [2.24, 2.45) is 18.2 Å². The molecule has 0 aromatic carbocycles. The van der Waals surface area contributed by atoms with E-state index < -0.39 is 0 Å². The summed E-state index contributed by atoms with van der Waals surface area (Å²) in [5.41, 5.74) is 7.15. The minimum atomic E-state index is -0.334. The van der Waals surface area contributed by atoms with Gasteiger partial charge in [0.1, 0.15) is 5.78 Å². The number of hydrogen-bond donors (Lipinski definition) is 1. The fraction of sp³-hybridized carbons (Fsp3) is 0.714. The molecule has 1 heterocycles. The Morgan fingerprint density at radius 3 is 2.53 bits per heavy atom. The zero-order valence-electron chi connectivity index (χ0n) is 11.7. The van der Waals surface area contributed by atoms with E-state index in [4.69, 9.17) is 17.3 Å². The Kier molecular flexibility index (Phi) is 4.31. The number of aromatic nitrogens is 2. The third-order valence-electron chi connectivity index (χ3n) is 4.38. The van der Waals surface area contributed by atoms with Crippen LogP contribution in [0.25, 0.3) is 0 Å². The van der Waals surface area contributed by atoms with Crippen molar-refractivity contribution < 1.29 is 4.79 Å². The molecule has 2 rings (SSSR count). The first-order valence-corrected chi connectivity index (χ1v) is 7.29. The molecule has 0 saturated heterocycles. The summed E-state index contributed by atoms with van der Waals surface area (Å²) in [6.07, 6.45) is 5.57. The topological polar surface area (TPSA) is 60.9 Å². The molecule has 5 heteroatoms. The van der Waals surface area contributed by atoms with Gasteiger partial charge in [0.2, 0.25) is 0 Å². The quantitative estimate of drug-likeness (QED) is 0.923. The highest BCUT2D eigenvalue weighted by molar-refractivity contribution is 6.32. The largest absolute Gasteiger partial charge is 0.329 e. The number of Topliss-reactive ketones (excluding diaryl/α,β-unsaturated/α-hetero) is 1. The summed E-state index contributed by atoms with van der Waals surface area (Å²) in [5.74, 6) is 0.222. The minimum absolute atomic E-state index is 0.222. The average Bonchev–Trinajstić information content (AvgIpc) is 2.66. The summed E-state index contributed by atoms with van der Waals surface area (Å²) in [4.78, 5) is 12.7. The van der Waals surface area contributed by atoms with E-state index in [9.17, 15) is 4.79 Å². The Morgan fingerprint density at radius 2 is 2.05 bits per heavy atom. The Bertz CT molecular complexity index is 475. The van der Waals surface area contributed by atoms with Gasteiger partial charge in [-0.3, -0.25) is 9.48 Å². The van der Waals surface area contributed by atoms with E-state index in [-0.39, 0.29) is 11.2 Å². The maximum Gasteiger partial charge on any atom is 0.146 e. The molecule has 1 saturated carbocycles.